The highest BCUT2D eigenvalue weighted by atomic mass is 16.7. The summed E-state index contributed by atoms with van der Waals surface area (Å²) in [6, 6.07) is 0.517. The largest absolute Gasteiger partial charge is 0.350 e. The SMILES string of the molecule is C=CCCCC(CC1OCCO1)NCCC. The summed E-state index contributed by atoms with van der Waals surface area (Å²) >= 11 is 0. The lowest BCUT2D eigenvalue weighted by Crippen LogP contribution is -2.33. The van der Waals surface area contributed by atoms with Gasteiger partial charge in [0.1, 0.15) is 0 Å². The van der Waals surface area contributed by atoms with Crippen molar-refractivity contribution in [3.63, 3.8) is 0 Å². The van der Waals surface area contributed by atoms with E-state index in [0.717, 1.165) is 32.6 Å². The minimum Gasteiger partial charge on any atom is -0.350 e. The normalized spacial score (nSPS) is 18.8. The lowest BCUT2D eigenvalue weighted by Gasteiger charge is -2.21. The van der Waals surface area contributed by atoms with Crippen molar-refractivity contribution in [2.24, 2.45) is 0 Å². The second-order valence-corrected chi connectivity index (χ2v) is 4.28. The lowest BCUT2D eigenvalue weighted by atomic mass is 10.1. The Labute approximate surface area is 99.2 Å². The summed E-state index contributed by atoms with van der Waals surface area (Å²) in [6.45, 7) is 8.51. The number of hydrogen-bond donors (Lipinski definition) is 1. The van der Waals surface area contributed by atoms with Crippen molar-refractivity contribution in [1.29, 1.82) is 0 Å². The van der Waals surface area contributed by atoms with Gasteiger partial charge in [-0.1, -0.05) is 13.0 Å². The van der Waals surface area contributed by atoms with Crippen molar-refractivity contribution >= 4 is 0 Å². The minimum atomic E-state index is 0.0121. The Hall–Kier alpha value is -0.380. The highest BCUT2D eigenvalue weighted by molar-refractivity contribution is 4.73. The molecule has 1 unspecified atom stereocenters. The van der Waals surface area contributed by atoms with Crippen LogP contribution in [0.1, 0.15) is 39.0 Å². The molecule has 16 heavy (non-hydrogen) atoms. The molecule has 1 rings (SSSR count). The third-order valence-corrected chi connectivity index (χ3v) is 2.81. The van der Waals surface area contributed by atoms with Crippen LogP contribution in [0.4, 0.5) is 0 Å². The summed E-state index contributed by atoms with van der Waals surface area (Å²) < 4.78 is 11.0. The van der Waals surface area contributed by atoms with Crippen LogP contribution >= 0.6 is 0 Å². The topological polar surface area (TPSA) is 30.5 Å². The van der Waals surface area contributed by atoms with E-state index in [4.69, 9.17) is 9.47 Å². The van der Waals surface area contributed by atoms with Gasteiger partial charge in [-0.05, 0) is 32.2 Å². The average Bonchev–Trinajstić information content (AvgIpc) is 2.78. The van der Waals surface area contributed by atoms with Crippen LogP contribution < -0.4 is 5.32 Å². The summed E-state index contributed by atoms with van der Waals surface area (Å²) in [5.74, 6) is 0. The molecule has 1 aliphatic rings. The van der Waals surface area contributed by atoms with Crippen LogP contribution in [0.3, 0.4) is 0 Å². The zero-order valence-corrected chi connectivity index (χ0v) is 10.4. The van der Waals surface area contributed by atoms with E-state index in [1.165, 1.54) is 19.3 Å². The highest BCUT2D eigenvalue weighted by Crippen LogP contribution is 2.14. The molecular weight excluding hydrogens is 202 g/mol. The average molecular weight is 227 g/mol. The fraction of sp³-hybridized carbons (Fsp3) is 0.846. The maximum atomic E-state index is 5.49. The van der Waals surface area contributed by atoms with Crippen LogP contribution in [0.15, 0.2) is 12.7 Å². The lowest BCUT2D eigenvalue weighted by molar-refractivity contribution is -0.0532. The molecule has 0 aromatic heterocycles. The zero-order valence-electron chi connectivity index (χ0n) is 10.4. The van der Waals surface area contributed by atoms with Crippen molar-refractivity contribution in [3.05, 3.63) is 12.7 Å². The van der Waals surface area contributed by atoms with Gasteiger partial charge in [0.25, 0.3) is 0 Å². The molecule has 0 saturated carbocycles. The van der Waals surface area contributed by atoms with E-state index in [1.807, 2.05) is 6.08 Å². The van der Waals surface area contributed by atoms with Gasteiger partial charge in [-0.25, -0.2) is 0 Å². The first-order valence-electron chi connectivity index (χ1n) is 6.44. The number of allylic oxidation sites excluding steroid dienone is 1. The Morgan fingerprint density at radius 1 is 1.44 bits per heavy atom. The third kappa shape index (κ3) is 5.64. The van der Waals surface area contributed by atoms with E-state index in [-0.39, 0.29) is 6.29 Å². The van der Waals surface area contributed by atoms with Gasteiger partial charge >= 0.3 is 0 Å². The molecule has 1 fully saturated rings. The molecule has 0 aromatic rings. The highest BCUT2D eigenvalue weighted by Gasteiger charge is 2.20. The number of nitrogens with one attached hydrogen (secondary N) is 1. The van der Waals surface area contributed by atoms with Gasteiger partial charge in [0.15, 0.2) is 6.29 Å². The van der Waals surface area contributed by atoms with Gasteiger partial charge < -0.3 is 14.8 Å². The van der Waals surface area contributed by atoms with Crippen LogP contribution in [0.25, 0.3) is 0 Å². The summed E-state index contributed by atoms with van der Waals surface area (Å²) in [5, 5.41) is 3.56. The van der Waals surface area contributed by atoms with Crippen molar-refractivity contribution in [2.75, 3.05) is 19.8 Å². The van der Waals surface area contributed by atoms with Gasteiger partial charge in [0, 0.05) is 12.5 Å². The van der Waals surface area contributed by atoms with E-state index in [9.17, 15) is 0 Å². The molecule has 0 amide bonds. The number of ether oxygens (including phenoxy) is 2. The maximum absolute atomic E-state index is 5.49. The van der Waals surface area contributed by atoms with Crippen molar-refractivity contribution in [2.45, 2.75) is 51.4 Å². The number of rotatable bonds is 9. The predicted octanol–water partition coefficient (Wildman–Crippen LogP) is 2.47. The molecule has 1 heterocycles. The van der Waals surface area contributed by atoms with Gasteiger partial charge in [-0.3, -0.25) is 0 Å². The second-order valence-electron chi connectivity index (χ2n) is 4.28. The fourth-order valence-corrected chi connectivity index (χ4v) is 1.94. The van der Waals surface area contributed by atoms with Crippen molar-refractivity contribution in [1.82, 2.24) is 5.32 Å². The quantitative estimate of drug-likeness (QED) is 0.485. The molecule has 0 bridgehead atoms. The molecule has 94 valence electrons. The molecule has 0 aliphatic carbocycles. The Bertz CT molecular complexity index is 179. The molecule has 0 spiro atoms. The summed E-state index contributed by atoms with van der Waals surface area (Å²) in [4.78, 5) is 0. The third-order valence-electron chi connectivity index (χ3n) is 2.81. The second kappa shape index (κ2) is 8.74. The van der Waals surface area contributed by atoms with Gasteiger partial charge in [-0.2, -0.15) is 0 Å². The van der Waals surface area contributed by atoms with E-state index < -0.39 is 0 Å². The molecular formula is C13H25NO2. The number of hydrogen-bond acceptors (Lipinski definition) is 3. The van der Waals surface area contributed by atoms with Crippen LogP contribution in [0, 0.1) is 0 Å². The van der Waals surface area contributed by atoms with Crippen LogP contribution in [-0.2, 0) is 9.47 Å². The first-order valence-corrected chi connectivity index (χ1v) is 6.44. The monoisotopic (exact) mass is 227 g/mol. The number of unbranched alkanes of at least 4 members (excludes halogenated alkanes) is 1. The Morgan fingerprint density at radius 3 is 2.81 bits per heavy atom. The van der Waals surface area contributed by atoms with Crippen LogP contribution in [0.2, 0.25) is 0 Å². The van der Waals surface area contributed by atoms with Crippen LogP contribution in [-0.4, -0.2) is 32.1 Å². The van der Waals surface area contributed by atoms with E-state index in [0.29, 0.717) is 6.04 Å². The van der Waals surface area contributed by atoms with Crippen LogP contribution in [0.5, 0.6) is 0 Å². The summed E-state index contributed by atoms with van der Waals surface area (Å²) in [6.07, 6.45) is 7.60. The first kappa shape index (κ1) is 13.7. The zero-order chi connectivity index (χ0) is 11.6. The molecule has 1 atom stereocenters. The predicted molar refractivity (Wildman–Crippen MR) is 66.4 cm³/mol. The Kier molecular flexibility index (Phi) is 7.47. The van der Waals surface area contributed by atoms with E-state index >= 15 is 0 Å². The summed E-state index contributed by atoms with van der Waals surface area (Å²) in [7, 11) is 0. The minimum absolute atomic E-state index is 0.0121. The van der Waals surface area contributed by atoms with Crippen molar-refractivity contribution < 1.29 is 9.47 Å². The molecule has 0 aromatic carbocycles. The van der Waals surface area contributed by atoms with E-state index in [1.54, 1.807) is 0 Å². The van der Waals surface area contributed by atoms with Gasteiger partial charge in [-0.15, -0.1) is 6.58 Å². The fourth-order valence-electron chi connectivity index (χ4n) is 1.94. The Balaban J connectivity index is 2.21. The smallest absolute Gasteiger partial charge is 0.159 e. The molecule has 3 heteroatoms. The molecule has 1 aliphatic heterocycles. The Morgan fingerprint density at radius 2 is 2.19 bits per heavy atom. The molecule has 3 nitrogen and oxygen atoms in total. The maximum Gasteiger partial charge on any atom is 0.159 e. The molecule has 1 saturated heterocycles. The van der Waals surface area contributed by atoms with E-state index in [2.05, 4.69) is 18.8 Å². The van der Waals surface area contributed by atoms with Gasteiger partial charge in [0.05, 0.1) is 13.2 Å². The molecule has 0 radical (unpaired) electrons. The first-order chi connectivity index (χ1) is 7.86. The van der Waals surface area contributed by atoms with Gasteiger partial charge in [0.2, 0.25) is 0 Å². The molecule has 1 N–H and O–H groups in total. The van der Waals surface area contributed by atoms with Crippen molar-refractivity contribution in [3.8, 4) is 0 Å². The summed E-state index contributed by atoms with van der Waals surface area (Å²) in [5.41, 5.74) is 0. The standard InChI is InChI=1S/C13H25NO2/c1-3-5-6-7-12(14-8-4-2)11-13-15-9-10-16-13/h3,12-14H,1,4-11H2,2H3.